The second-order valence-electron chi connectivity index (χ2n) is 4.66. The topological polar surface area (TPSA) is 0 Å². The fourth-order valence-electron chi connectivity index (χ4n) is 2.51. The predicted molar refractivity (Wildman–Crippen MR) is 57.6 cm³/mol. The van der Waals surface area contributed by atoms with E-state index in [0.29, 0.717) is 5.57 Å². The van der Waals surface area contributed by atoms with E-state index < -0.39 is 0 Å². The van der Waals surface area contributed by atoms with Crippen molar-refractivity contribution in [1.29, 1.82) is 0 Å². The maximum absolute atomic E-state index is 13.8. The van der Waals surface area contributed by atoms with Gasteiger partial charge in [0.15, 0.2) is 0 Å². The molecule has 82 valence electrons. The number of rotatable bonds is 0. The quantitative estimate of drug-likeness (QED) is 0.553. The second-order valence-corrected chi connectivity index (χ2v) is 4.66. The maximum atomic E-state index is 13.8. The van der Waals surface area contributed by atoms with Gasteiger partial charge in [-0.3, -0.25) is 0 Å². The van der Waals surface area contributed by atoms with Crippen molar-refractivity contribution in [2.45, 2.75) is 33.6 Å². The largest absolute Gasteiger partial charge is 0.207 e. The summed E-state index contributed by atoms with van der Waals surface area (Å²) < 4.78 is 27.3. The third kappa shape index (κ3) is 1.56. The standard InChI is InChI=1S/C13H16F2/c1-7-4-5-10-8(2)9(3)12(14)6-11(10)13(7)15/h6,8,10H,4-5H2,1-3H3. The molecule has 0 radical (unpaired) electrons. The van der Waals surface area contributed by atoms with E-state index in [1.54, 1.807) is 13.8 Å². The van der Waals surface area contributed by atoms with Gasteiger partial charge in [0.2, 0.25) is 0 Å². The highest BCUT2D eigenvalue weighted by atomic mass is 19.1. The van der Waals surface area contributed by atoms with Crippen LogP contribution in [-0.2, 0) is 0 Å². The zero-order valence-electron chi connectivity index (χ0n) is 9.40. The van der Waals surface area contributed by atoms with Gasteiger partial charge in [-0.25, -0.2) is 8.78 Å². The van der Waals surface area contributed by atoms with E-state index >= 15 is 0 Å². The van der Waals surface area contributed by atoms with Gasteiger partial charge in [0.25, 0.3) is 0 Å². The molecule has 2 aliphatic carbocycles. The monoisotopic (exact) mass is 210 g/mol. The number of hydrogen-bond acceptors (Lipinski definition) is 0. The molecule has 0 aromatic heterocycles. The molecule has 0 spiro atoms. The lowest BCUT2D eigenvalue weighted by Crippen LogP contribution is -2.23. The molecule has 15 heavy (non-hydrogen) atoms. The van der Waals surface area contributed by atoms with Crippen molar-refractivity contribution >= 4 is 0 Å². The number of hydrogen-bond donors (Lipinski definition) is 0. The molecule has 0 saturated heterocycles. The van der Waals surface area contributed by atoms with Gasteiger partial charge in [0.05, 0.1) is 0 Å². The molecule has 0 bridgehead atoms. The zero-order valence-corrected chi connectivity index (χ0v) is 9.40. The first kappa shape index (κ1) is 10.6. The zero-order chi connectivity index (χ0) is 11.2. The molecule has 0 fully saturated rings. The van der Waals surface area contributed by atoms with E-state index in [0.717, 1.165) is 24.0 Å². The number of fused-ring (bicyclic) bond motifs is 1. The summed E-state index contributed by atoms with van der Waals surface area (Å²) in [5.74, 6) is -0.128. The van der Waals surface area contributed by atoms with Crippen LogP contribution in [0, 0.1) is 11.8 Å². The van der Waals surface area contributed by atoms with Crippen LogP contribution in [0.5, 0.6) is 0 Å². The second kappa shape index (κ2) is 3.58. The SMILES string of the molecule is CC1=C(F)C2=CC(F)=C(C)C(C)C2CC1. The van der Waals surface area contributed by atoms with E-state index in [9.17, 15) is 8.78 Å². The Morgan fingerprint density at radius 3 is 2.60 bits per heavy atom. The van der Waals surface area contributed by atoms with Gasteiger partial charge in [-0.1, -0.05) is 6.92 Å². The molecule has 0 N–H and O–H groups in total. The van der Waals surface area contributed by atoms with Gasteiger partial charge >= 0.3 is 0 Å². The van der Waals surface area contributed by atoms with E-state index in [1.807, 2.05) is 6.92 Å². The summed E-state index contributed by atoms with van der Waals surface area (Å²) in [6.45, 7) is 5.58. The lowest BCUT2D eigenvalue weighted by molar-refractivity contribution is 0.379. The fourth-order valence-corrected chi connectivity index (χ4v) is 2.51. The lowest BCUT2D eigenvalue weighted by atomic mass is 9.72. The van der Waals surface area contributed by atoms with Crippen LogP contribution in [0.2, 0.25) is 0 Å². The summed E-state index contributed by atoms with van der Waals surface area (Å²) in [5, 5.41) is 0. The molecule has 2 unspecified atom stereocenters. The summed E-state index contributed by atoms with van der Waals surface area (Å²) in [6, 6.07) is 0. The van der Waals surface area contributed by atoms with Gasteiger partial charge < -0.3 is 0 Å². The third-order valence-corrected chi connectivity index (χ3v) is 3.80. The summed E-state index contributed by atoms with van der Waals surface area (Å²) in [7, 11) is 0. The Kier molecular flexibility index (Phi) is 2.53. The fraction of sp³-hybridized carbons (Fsp3) is 0.538. The Balaban J connectivity index is 2.50. The molecule has 0 aromatic carbocycles. The molecule has 0 heterocycles. The van der Waals surface area contributed by atoms with Crippen LogP contribution >= 0.6 is 0 Å². The van der Waals surface area contributed by atoms with E-state index in [-0.39, 0.29) is 23.5 Å². The molecular formula is C13H16F2. The van der Waals surface area contributed by atoms with E-state index in [2.05, 4.69) is 0 Å². The molecule has 0 amide bonds. The van der Waals surface area contributed by atoms with Crippen molar-refractivity contribution in [3.05, 3.63) is 34.4 Å². The van der Waals surface area contributed by atoms with Gasteiger partial charge in [0.1, 0.15) is 11.7 Å². The average molecular weight is 210 g/mol. The number of halogens is 2. The van der Waals surface area contributed by atoms with E-state index in [1.165, 1.54) is 6.08 Å². The Hall–Kier alpha value is -0.920. The van der Waals surface area contributed by atoms with Gasteiger partial charge in [-0.05, 0) is 61.3 Å². The first-order valence-corrected chi connectivity index (χ1v) is 5.46. The first-order chi connectivity index (χ1) is 7.02. The smallest absolute Gasteiger partial charge is 0.125 e. The minimum absolute atomic E-state index is 0.129. The molecule has 2 heteroatoms. The third-order valence-electron chi connectivity index (χ3n) is 3.80. The Morgan fingerprint density at radius 1 is 1.27 bits per heavy atom. The van der Waals surface area contributed by atoms with Crippen molar-refractivity contribution < 1.29 is 8.78 Å². The summed E-state index contributed by atoms with van der Waals surface area (Å²) in [6.07, 6.45) is 3.13. The van der Waals surface area contributed by atoms with Crippen LogP contribution in [0.25, 0.3) is 0 Å². The molecule has 0 nitrogen and oxygen atoms in total. The molecular weight excluding hydrogens is 194 g/mol. The highest BCUT2D eigenvalue weighted by Crippen LogP contribution is 2.45. The van der Waals surface area contributed by atoms with Gasteiger partial charge in [-0.15, -0.1) is 0 Å². The van der Waals surface area contributed by atoms with Crippen LogP contribution in [0.4, 0.5) is 8.78 Å². The first-order valence-electron chi connectivity index (χ1n) is 5.46. The molecule has 2 atom stereocenters. The van der Waals surface area contributed by atoms with Crippen LogP contribution in [0.1, 0.15) is 33.6 Å². The highest BCUT2D eigenvalue weighted by Gasteiger charge is 2.33. The Labute approximate surface area is 89.4 Å². The van der Waals surface area contributed by atoms with Crippen LogP contribution in [0.3, 0.4) is 0 Å². The number of allylic oxidation sites excluding steroid dienone is 6. The van der Waals surface area contributed by atoms with E-state index in [4.69, 9.17) is 0 Å². The molecule has 2 aliphatic rings. The highest BCUT2D eigenvalue weighted by molar-refractivity contribution is 5.44. The van der Waals surface area contributed by atoms with Crippen LogP contribution in [-0.4, -0.2) is 0 Å². The van der Waals surface area contributed by atoms with Crippen LogP contribution in [0.15, 0.2) is 34.4 Å². The van der Waals surface area contributed by atoms with Crippen molar-refractivity contribution in [3.8, 4) is 0 Å². The predicted octanol–water partition coefficient (Wildman–Crippen LogP) is 4.46. The maximum Gasteiger partial charge on any atom is 0.125 e. The van der Waals surface area contributed by atoms with Crippen molar-refractivity contribution in [2.24, 2.45) is 11.8 Å². The average Bonchev–Trinajstić information content (AvgIpc) is 2.21. The van der Waals surface area contributed by atoms with Crippen molar-refractivity contribution in [3.63, 3.8) is 0 Å². The minimum Gasteiger partial charge on any atom is -0.207 e. The Bertz CT molecular complexity index is 385. The molecule has 0 aromatic rings. The van der Waals surface area contributed by atoms with Crippen molar-refractivity contribution in [1.82, 2.24) is 0 Å². The normalized spacial score (nSPS) is 31.7. The van der Waals surface area contributed by atoms with Crippen LogP contribution < -0.4 is 0 Å². The minimum atomic E-state index is -0.251. The van der Waals surface area contributed by atoms with Gasteiger partial charge in [0, 0.05) is 0 Å². The van der Waals surface area contributed by atoms with Crippen molar-refractivity contribution in [2.75, 3.05) is 0 Å². The van der Waals surface area contributed by atoms with Gasteiger partial charge in [-0.2, -0.15) is 0 Å². The molecule has 0 aliphatic heterocycles. The summed E-state index contributed by atoms with van der Waals surface area (Å²) in [5.41, 5.74) is 2.10. The summed E-state index contributed by atoms with van der Waals surface area (Å²) >= 11 is 0. The lowest BCUT2D eigenvalue weighted by Gasteiger charge is -2.33. The molecule has 2 rings (SSSR count). The summed E-state index contributed by atoms with van der Waals surface area (Å²) in [4.78, 5) is 0. The Morgan fingerprint density at radius 2 is 1.93 bits per heavy atom. The molecule has 0 saturated carbocycles.